The van der Waals surface area contributed by atoms with Crippen LogP contribution in [0.3, 0.4) is 0 Å². The Morgan fingerprint density at radius 2 is 1.00 bits per heavy atom. The van der Waals surface area contributed by atoms with E-state index < -0.39 is 26.0 Å². The Labute approximate surface area is 159 Å². The maximum atomic E-state index is 11.4. The average Bonchev–Trinajstić information content (AvgIpc) is 2.59. The Kier molecular flexibility index (Phi) is 7.09. The fourth-order valence-electron chi connectivity index (χ4n) is 2.78. The minimum Gasteiger partial charge on any atom is -0.258 e. The lowest BCUT2D eigenvalue weighted by molar-refractivity contribution is 0.0842. The molecule has 0 aliphatic heterocycles. The van der Waals surface area contributed by atoms with Crippen LogP contribution >= 0.6 is 0 Å². The molecule has 0 saturated carbocycles. The molecule has 0 fully saturated rings. The molecule has 4 N–H and O–H groups in total. The molecule has 0 saturated heterocycles. The van der Waals surface area contributed by atoms with Gasteiger partial charge in [0.1, 0.15) is 0 Å². The molecular formula is C17H22N2O6S2. The Bertz CT molecular complexity index is 852. The minimum atomic E-state index is -4.23. The van der Waals surface area contributed by atoms with E-state index in [1.807, 2.05) is 60.7 Å². The van der Waals surface area contributed by atoms with Crippen molar-refractivity contribution in [2.75, 3.05) is 13.2 Å². The van der Waals surface area contributed by atoms with E-state index in [2.05, 4.69) is 0 Å². The minimum absolute atomic E-state index is 0.285. The predicted molar refractivity (Wildman–Crippen MR) is 101 cm³/mol. The highest BCUT2D eigenvalue weighted by Crippen LogP contribution is 2.30. The molecule has 27 heavy (non-hydrogen) atoms. The van der Waals surface area contributed by atoms with E-state index in [1.54, 1.807) is 0 Å². The number of rotatable bonds is 10. The van der Waals surface area contributed by atoms with E-state index in [1.165, 1.54) is 0 Å². The van der Waals surface area contributed by atoms with Crippen molar-refractivity contribution >= 4 is 20.6 Å². The summed E-state index contributed by atoms with van der Waals surface area (Å²) >= 11 is 0. The molecule has 0 aliphatic rings. The number of benzene rings is 2. The largest absolute Gasteiger partial charge is 0.333 e. The highest BCUT2D eigenvalue weighted by atomic mass is 32.2. The first-order valence-electron chi connectivity index (χ1n) is 7.99. The molecule has 0 bridgehead atoms. The van der Waals surface area contributed by atoms with Gasteiger partial charge in [-0.1, -0.05) is 60.7 Å². The molecule has 10 heteroatoms. The van der Waals surface area contributed by atoms with Crippen LogP contribution in [0, 0.1) is 5.41 Å². The van der Waals surface area contributed by atoms with E-state index in [0.717, 1.165) is 11.1 Å². The molecular weight excluding hydrogens is 392 g/mol. The Balaban J connectivity index is 2.40. The monoisotopic (exact) mass is 414 g/mol. The summed E-state index contributed by atoms with van der Waals surface area (Å²) in [5, 5.41) is 9.96. The molecule has 2 aromatic carbocycles. The van der Waals surface area contributed by atoms with E-state index >= 15 is 0 Å². The first-order valence-corrected chi connectivity index (χ1v) is 10.9. The van der Waals surface area contributed by atoms with Crippen molar-refractivity contribution in [3.63, 3.8) is 0 Å². The fourth-order valence-corrected chi connectivity index (χ4v) is 3.61. The fraction of sp³-hybridized carbons (Fsp3) is 0.294. The van der Waals surface area contributed by atoms with Gasteiger partial charge in [-0.15, -0.1) is 0 Å². The van der Waals surface area contributed by atoms with Crippen LogP contribution in [0.25, 0.3) is 0 Å². The van der Waals surface area contributed by atoms with Crippen LogP contribution in [-0.2, 0) is 41.8 Å². The van der Waals surface area contributed by atoms with Crippen LogP contribution in [0.1, 0.15) is 11.1 Å². The molecule has 2 rings (SSSR count). The topological polar surface area (TPSA) is 139 Å². The summed E-state index contributed by atoms with van der Waals surface area (Å²) in [7, 11) is -8.46. The first kappa shape index (κ1) is 21.5. The van der Waals surface area contributed by atoms with E-state index in [-0.39, 0.29) is 26.1 Å². The molecule has 0 aromatic heterocycles. The van der Waals surface area contributed by atoms with Crippen molar-refractivity contribution in [2.45, 2.75) is 12.8 Å². The molecule has 8 nitrogen and oxygen atoms in total. The molecule has 2 aromatic rings. The van der Waals surface area contributed by atoms with Gasteiger partial charge in [0.25, 0.3) is 0 Å². The zero-order chi connectivity index (χ0) is 20.0. The third-order valence-electron chi connectivity index (χ3n) is 3.90. The van der Waals surface area contributed by atoms with Crippen molar-refractivity contribution in [2.24, 2.45) is 15.7 Å². The molecule has 0 atom stereocenters. The molecule has 0 aliphatic carbocycles. The van der Waals surface area contributed by atoms with Gasteiger partial charge in [0.05, 0.1) is 13.2 Å². The molecule has 0 amide bonds. The lowest BCUT2D eigenvalue weighted by atomic mass is 9.78. The Morgan fingerprint density at radius 1 is 0.667 bits per heavy atom. The van der Waals surface area contributed by atoms with Gasteiger partial charge in [-0.05, 0) is 24.0 Å². The smallest absolute Gasteiger partial charge is 0.258 e. The standard InChI is InChI=1S/C17H22N2O6S2/c18-26(20,21)24-13-17(14-25-27(19,22)23,11-15-7-3-1-4-8-15)12-16-9-5-2-6-10-16/h1-10H,11-14H2,(H2,18,20,21)(H2,19,22,23). The van der Waals surface area contributed by atoms with E-state index in [9.17, 15) is 16.8 Å². The summed E-state index contributed by atoms with van der Waals surface area (Å²) in [5.74, 6) is 0. The predicted octanol–water partition coefficient (Wildman–Crippen LogP) is 0.898. The lowest BCUT2D eigenvalue weighted by Crippen LogP contribution is -2.40. The summed E-state index contributed by atoms with van der Waals surface area (Å²) in [6.07, 6.45) is 0.571. The molecule has 0 heterocycles. The highest BCUT2D eigenvalue weighted by molar-refractivity contribution is 7.84. The first-order chi connectivity index (χ1) is 12.6. The van der Waals surface area contributed by atoms with Crippen molar-refractivity contribution in [3.05, 3.63) is 71.8 Å². The number of hydrogen-bond acceptors (Lipinski definition) is 6. The van der Waals surface area contributed by atoms with Gasteiger partial charge >= 0.3 is 20.6 Å². The SMILES string of the molecule is NS(=O)(=O)OCC(COS(N)(=O)=O)(Cc1ccccc1)Cc1ccccc1. The van der Waals surface area contributed by atoms with Crippen LogP contribution in [0.2, 0.25) is 0 Å². The van der Waals surface area contributed by atoms with Crippen LogP contribution in [0.4, 0.5) is 0 Å². The van der Waals surface area contributed by atoms with E-state index in [0.29, 0.717) is 0 Å². The van der Waals surface area contributed by atoms with Crippen molar-refractivity contribution in [1.29, 1.82) is 0 Å². The summed E-state index contributed by atoms with van der Waals surface area (Å²) < 4.78 is 55.1. The summed E-state index contributed by atoms with van der Waals surface area (Å²) in [6.45, 7) is -0.740. The van der Waals surface area contributed by atoms with Crippen molar-refractivity contribution in [1.82, 2.24) is 0 Å². The van der Waals surface area contributed by atoms with Crippen LogP contribution in [0.5, 0.6) is 0 Å². The summed E-state index contributed by atoms with van der Waals surface area (Å²) in [6, 6.07) is 18.3. The zero-order valence-corrected chi connectivity index (χ0v) is 16.2. The van der Waals surface area contributed by atoms with Gasteiger partial charge in [-0.3, -0.25) is 8.37 Å². The maximum absolute atomic E-state index is 11.4. The quantitative estimate of drug-likeness (QED) is 0.592. The van der Waals surface area contributed by atoms with Gasteiger partial charge in [0, 0.05) is 5.41 Å². The molecule has 0 unspecified atom stereocenters. The Hall–Kier alpha value is -1.82. The van der Waals surface area contributed by atoms with Gasteiger partial charge in [0.15, 0.2) is 0 Å². The van der Waals surface area contributed by atoms with Crippen LogP contribution < -0.4 is 10.3 Å². The maximum Gasteiger partial charge on any atom is 0.333 e. The number of hydrogen-bond donors (Lipinski definition) is 2. The molecule has 0 spiro atoms. The van der Waals surface area contributed by atoms with Gasteiger partial charge in [0.2, 0.25) is 0 Å². The molecule has 148 valence electrons. The third kappa shape index (κ3) is 8.16. The second-order valence-electron chi connectivity index (χ2n) is 6.33. The van der Waals surface area contributed by atoms with Gasteiger partial charge < -0.3 is 0 Å². The summed E-state index contributed by atoms with van der Waals surface area (Å²) in [4.78, 5) is 0. The number of nitrogens with two attached hydrogens (primary N) is 2. The normalized spacial score (nSPS) is 12.8. The molecule has 0 radical (unpaired) electrons. The van der Waals surface area contributed by atoms with E-state index in [4.69, 9.17) is 18.6 Å². The van der Waals surface area contributed by atoms with Crippen molar-refractivity contribution < 1.29 is 25.2 Å². The second-order valence-corrected chi connectivity index (χ2v) is 8.78. The second kappa shape index (κ2) is 8.91. The van der Waals surface area contributed by atoms with Gasteiger partial charge in [-0.2, -0.15) is 16.8 Å². The third-order valence-corrected chi connectivity index (χ3v) is 4.80. The zero-order valence-electron chi connectivity index (χ0n) is 14.5. The highest BCUT2D eigenvalue weighted by Gasteiger charge is 2.35. The summed E-state index contributed by atoms with van der Waals surface area (Å²) in [5.41, 5.74) is 0.663. The van der Waals surface area contributed by atoms with Crippen LogP contribution in [-0.4, -0.2) is 30.0 Å². The lowest BCUT2D eigenvalue weighted by Gasteiger charge is -2.32. The van der Waals surface area contributed by atoms with Crippen LogP contribution in [0.15, 0.2) is 60.7 Å². The average molecular weight is 415 g/mol. The van der Waals surface area contributed by atoms with Crippen molar-refractivity contribution in [3.8, 4) is 0 Å². The Morgan fingerprint density at radius 3 is 1.30 bits per heavy atom. The van der Waals surface area contributed by atoms with Gasteiger partial charge in [-0.25, -0.2) is 10.3 Å².